The zero-order valence-electron chi connectivity index (χ0n) is 18.6. The summed E-state index contributed by atoms with van der Waals surface area (Å²) in [4.78, 5) is 28.3. The van der Waals surface area contributed by atoms with Crippen LogP contribution in [0.15, 0.2) is 29.3 Å². The van der Waals surface area contributed by atoms with Crippen LogP contribution in [0.2, 0.25) is 0 Å². The second kappa shape index (κ2) is 14.9. The largest absolute Gasteiger partial charge is 0.444 e. The summed E-state index contributed by atoms with van der Waals surface area (Å²) < 4.78 is 5.20. The molecule has 0 fully saturated rings. The van der Waals surface area contributed by atoms with Crippen LogP contribution in [-0.2, 0) is 11.3 Å². The fourth-order valence-corrected chi connectivity index (χ4v) is 2.32. The Morgan fingerprint density at radius 1 is 1.00 bits per heavy atom. The second-order valence-corrected chi connectivity index (χ2v) is 7.51. The molecule has 0 aliphatic heterocycles. The van der Waals surface area contributed by atoms with Crippen molar-refractivity contribution < 1.29 is 14.3 Å². The molecule has 0 radical (unpaired) electrons. The maximum absolute atomic E-state index is 12.1. The topological polar surface area (TPSA) is 104 Å². The van der Waals surface area contributed by atoms with Gasteiger partial charge in [0.1, 0.15) is 5.60 Å². The van der Waals surface area contributed by atoms with Gasteiger partial charge in [-0.1, -0.05) is 19.1 Å². The van der Waals surface area contributed by atoms with Gasteiger partial charge in [0.05, 0.1) is 6.54 Å². The van der Waals surface area contributed by atoms with Crippen molar-refractivity contribution in [3.63, 3.8) is 0 Å². The van der Waals surface area contributed by atoms with E-state index in [9.17, 15) is 9.59 Å². The zero-order valence-corrected chi connectivity index (χ0v) is 21.0. The molecule has 9 heteroatoms. The van der Waals surface area contributed by atoms with Gasteiger partial charge in [0.2, 0.25) is 0 Å². The van der Waals surface area contributed by atoms with Crippen molar-refractivity contribution in [2.75, 3.05) is 26.2 Å². The zero-order chi connectivity index (χ0) is 21.7. The highest BCUT2D eigenvalue weighted by Gasteiger charge is 2.15. The molecule has 1 aromatic rings. The van der Waals surface area contributed by atoms with Crippen molar-refractivity contribution >= 4 is 41.9 Å². The number of halogens is 1. The lowest BCUT2D eigenvalue weighted by Gasteiger charge is -2.19. The summed E-state index contributed by atoms with van der Waals surface area (Å²) >= 11 is 0. The van der Waals surface area contributed by atoms with Gasteiger partial charge in [-0.2, -0.15) is 0 Å². The standard InChI is InChI=1S/C21H35N5O3.HI/c1-6-11-23-18(27)17-10-8-9-16(14-17)15-26-19(22-7-2)24-12-13-25-20(28)29-21(3,4)5;/h8-10,14H,6-7,11-13,15H2,1-5H3,(H,23,27)(H,25,28)(H2,22,24,26);1H. The van der Waals surface area contributed by atoms with Crippen molar-refractivity contribution in [3.8, 4) is 0 Å². The molecule has 1 aromatic carbocycles. The highest BCUT2D eigenvalue weighted by atomic mass is 127. The first-order chi connectivity index (χ1) is 13.7. The monoisotopic (exact) mass is 533 g/mol. The number of carbonyl (C=O) groups excluding carboxylic acids is 2. The van der Waals surface area contributed by atoms with Crippen molar-refractivity contribution in [2.45, 2.75) is 53.2 Å². The normalized spacial score (nSPS) is 11.2. The van der Waals surface area contributed by atoms with E-state index in [4.69, 9.17) is 4.74 Å². The second-order valence-electron chi connectivity index (χ2n) is 7.51. The Morgan fingerprint density at radius 3 is 2.33 bits per heavy atom. The van der Waals surface area contributed by atoms with Crippen LogP contribution in [-0.4, -0.2) is 49.7 Å². The van der Waals surface area contributed by atoms with Crippen LogP contribution in [0.5, 0.6) is 0 Å². The number of benzene rings is 1. The van der Waals surface area contributed by atoms with Gasteiger partial charge >= 0.3 is 6.09 Å². The quantitative estimate of drug-likeness (QED) is 0.169. The van der Waals surface area contributed by atoms with Crippen LogP contribution in [0.25, 0.3) is 0 Å². The number of guanidine groups is 1. The van der Waals surface area contributed by atoms with E-state index in [1.165, 1.54) is 0 Å². The Hall–Kier alpha value is -2.04. The molecule has 0 heterocycles. The maximum atomic E-state index is 12.1. The van der Waals surface area contributed by atoms with Gasteiger partial charge in [0.15, 0.2) is 5.96 Å². The molecule has 30 heavy (non-hydrogen) atoms. The van der Waals surface area contributed by atoms with E-state index < -0.39 is 11.7 Å². The summed E-state index contributed by atoms with van der Waals surface area (Å²) in [5, 5.41) is 11.9. The van der Waals surface area contributed by atoms with Crippen LogP contribution in [0.4, 0.5) is 4.79 Å². The first-order valence-corrected chi connectivity index (χ1v) is 10.1. The van der Waals surface area contributed by atoms with E-state index in [0.717, 1.165) is 12.0 Å². The third kappa shape index (κ3) is 12.5. The molecular formula is C21H36IN5O3. The van der Waals surface area contributed by atoms with E-state index in [2.05, 4.69) is 26.3 Å². The molecule has 0 saturated carbocycles. The van der Waals surface area contributed by atoms with Crippen molar-refractivity contribution in [3.05, 3.63) is 35.4 Å². The number of hydrogen-bond acceptors (Lipinski definition) is 4. The number of carbonyl (C=O) groups is 2. The van der Waals surface area contributed by atoms with E-state index in [1.54, 1.807) is 6.07 Å². The van der Waals surface area contributed by atoms with Gasteiger partial charge in [-0.3, -0.25) is 4.79 Å². The molecule has 8 nitrogen and oxygen atoms in total. The smallest absolute Gasteiger partial charge is 0.407 e. The predicted octanol–water partition coefficient (Wildman–Crippen LogP) is 3.02. The molecular weight excluding hydrogens is 497 g/mol. The minimum atomic E-state index is -0.518. The van der Waals surface area contributed by atoms with Crippen LogP contribution in [0.1, 0.15) is 57.0 Å². The number of nitrogens with zero attached hydrogens (tertiary/aromatic N) is 1. The number of hydrogen-bond donors (Lipinski definition) is 4. The van der Waals surface area contributed by atoms with Crippen LogP contribution in [0, 0.1) is 0 Å². The molecule has 0 saturated heterocycles. The summed E-state index contributed by atoms with van der Waals surface area (Å²) in [5.41, 5.74) is 1.06. The Morgan fingerprint density at radius 2 is 1.70 bits per heavy atom. The molecule has 0 bridgehead atoms. The SMILES string of the molecule is CCCNC(=O)c1cccc(CN=C(NCC)NCCNC(=O)OC(C)(C)C)c1.I. The molecule has 2 amide bonds. The summed E-state index contributed by atoms with van der Waals surface area (Å²) in [6, 6.07) is 7.44. The van der Waals surface area contributed by atoms with Crippen LogP contribution in [0.3, 0.4) is 0 Å². The van der Waals surface area contributed by atoms with E-state index in [0.29, 0.717) is 44.2 Å². The molecule has 170 valence electrons. The average Bonchev–Trinajstić information content (AvgIpc) is 2.66. The molecule has 0 spiro atoms. The molecule has 0 unspecified atom stereocenters. The minimum absolute atomic E-state index is 0. The third-order valence-corrected chi connectivity index (χ3v) is 3.57. The van der Waals surface area contributed by atoms with Gasteiger partial charge in [-0.05, 0) is 51.8 Å². The highest BCUT2D eigenvalue weighted by Crippen LogP contribution is 2.07. The molecule has 0 aliphatic carbocycles. The number of nitrogens with one attached hydrogen (secondary N) is 4. The van der Waals surface area contributed by atoms with Gasteiger partial charge in [0, 0.05) is 31.7 Å². The fraction of sp³-hybridized carbons (Fsp3) is 0.571. The summed E-state index contributed by atoms with van der Waals surface area (Å²) in [6.45, 7) is 12.2. The van der Waals surface area contributed by atoms with E-state index in [1.807, 2.05) is 52.8 Å². The number of aliphatic imine (C=N–C) groups is 1. The number of rotatable bonds is 9. The van der Waals surface area contributed by atoms with Gasteiger partial charge in [-0.25, -0.2) is 9.79 Å². The average molecular weight is 533 g/mol. The molecule has 4 N–H and O–H groups in total. The van der Waals surface area contributed by atoms with Gasteiger partial charge in [-0.15, -0.1) is 24.0 Å². The number of alkyl carbamates (subject to hydrolysis) is 1. The molecule has 0 aromatic heterocycles. The number of ether oxygens (including phenoxy) is 1. The van der Waals surface area contributed by atoms with Crippen LogP contribution < -0.4 is 21.3 Å². The van der Waals surface area contributed by atoms with Crippen LogP contribution >= 0.6 is 24.0 Å². The maximum Gasteiger partial charge on any atom is 0.407 e. The first-order valence-electron chi connectivity index (χ1n) is 10.1. The molecule has 0 atom stereocenters. The van der Waals surface area contributed by atoms with Crippen molar-refractivity contribution in [2.24, 2.45) is 4.99 Å². The Balaban J connectivity index is 0.00000841. The lowest BCUT2D eigenvalue weighted by Crippen LogP contribution is -2.42. The van der Waals surface area contributed by atoms with E-state index in [-0.39, 0.29) is 29.9 Å². The highest BCUT2D eigenvalue weighted by molar-refractivity contribution is 14.0. The van der Waals surface area contributed by atoms with Gasteiger partial charge < -0.3 is 26.0 Å². The first kappa shape index (κ1) is 28.0. The fourth-order valence-electron chi connectivity index (χ4n) is 2.32. The lowest BCUT2D eigenvalue weighted by atomic mass is 10.1. The Bertz CT molecular complexity index is 689. The van der Waals surface area contributed by atoms with Crippen molar-refractivity contribution in [1.82, 2.24) is 21.3 Å². The summed E-state index contributed by atoms with van der Waals surface area (Å²) in [6.07, 6.45) is 0.454. The minimum Gasteiger partial charge on any atom is -0.444 e. The molecule has 1 rings (SSSR count). The van der Waals surface area contributed by atoms with Crippen molar-refractivity contribution in [1.29, 1.82) is 0 Å². The lowest BCUT2D eigenvalue weighted by molar-refractivity contribution is 0.0528. The van der Waals surface area contributed by atoms with Gasteiger partial charge in [0.25, 0.3) is 5.91 Å². The third-order valence-electron chi connectivity index (χ3n) is 3.57. The Labute approximate surface area is 197 Å². The Kier molecular flexibility index (Phi) is 13.9. The summed E-state index contributed by atoms with van der Waals surface area (Å²) in [7, 11) is 0. The number of amides is 2. The summed E-state index contributed by atoms with van der Waals surface area (Å²) in [5.74, 6) is 0.565. The predicted molar refractivity (Wildman–Crippen MR) is 132 cm³/mol. The molecule has 0 aliphatic rings. The van der Waals surface area contributed by atoms with E-state index >= 15 is 0 Å².